The average molecular weight is 239 g/mol. The maximum atomic E-state index is 12.2. The van der Waals surface area contributed by atoms with Crippen molar-refractivity contribution in [2.45, 2.75) is 25.8 Å². The molecule has 0 aromatic heterocycles. The monoisotopic (exact) mass is 238 g/mol. The van der Waals surface area contributed by atoms with Crippen LogP contribution in [-0.4, -0.2) is 23.4 Å². The van der Waals surface area contributed by atoms with Crippen LogP contribution < -0.4 is 5.73 Å². The Labute approximate surface area is 100 Å². The third kappa shape index (κ3) is 2.00. The van der Waals surface area contributed by atoms with Crippen molar-refractivity contribution in [3.63, 3.8) is 0 Å². The molecule has 1 aromatic carbocycles. The SMILES string of the molecule is CC1CCCN1C(=O)c1ccc(Cl)cc1N. The molecule has 0 radical (unpaired) electrons. The largest absolute Gasteiger partial charge is 0.398 e. The van der Waals surface area contributed by atoms with Crippen LogP contribution in [0.3, 0.4) is 0 Å². The number of carbonyl (C=O) groups is 1. The van der Waals surface area contributed by atoms with Gasteiger partial charge in [0, 0.05) is 23.3 Å². The molecule has 1 fully saturated rings. The first-order chi connectivity index (χ1) is 7.59. The van der Waals surface area contributed by atoms with Gasteiger partial charge in [-0.1, -0.05) is 11.6 Å². The van der Waals surface area contributed by atoms with Crippen molar-refractivity contribution < 1.29 is 4.79 Å². The standard InChI is InChI=1S/C12H15ClN2O/c1-8-3-2-6-15(8)12(16)10-5-4-9(13)7-11(10)14/h4-5,7-8H,2-3,6,14H2,1H3. The Morgan fingerprint density at radius 1 is 1.56 bits per heavy atom. The fourth-order valence-corrected chi connectivity index (χ4v) is 2.30. The van der Waals surface area contributed by atoms with Crippen molar-refractivity contribution in [1.82, 2.24) is 4.90 Å². The summed E-state index contributed by atoms with van der Waals surface area (Å²) in [5.74, 6) is 0.0131. The maximum Gasteiger partial charge on any atom is 0.256 e. The van der Waals surface area contributed by atoms with Gasteiger partial charge in [0.25, 0.3) is 5.91 Å². The van der Waals surface area contributed by atoms with E-state index < -0.39 is 0 Å². The van der Waals surface area contributed by atoms with E-state index in [9.17, 15) is 4.79 Å². The number of hydrogen-bond acceptors (Lipinski definition) is 2. The normalized spacial score (nSPS) is 20.1. The van der Waals surface area contributed by atoms with Crippen LogP contribution in [0.4, 0.5) is 5.69 Å². The van der Waals surface area contributed by atoms with Crippen LogP contribution in [-0.2, 0) is 0 Å². The van der Waals surface area contributed by atoms with Crippen LogP contribution in [0.15, 0.2) is 18.2 Å². The predicted molar refractivity (Wildman–Crippen MR) is 65.6 cm³/mol. The van der Waals surface area contributed by atoms with Crippen molar-refractivity contribution in [3.05, 3.63) is 28.8 Å². The van der Waals surface area contributed by atoms with Gasteiger partial charge in [-0.3, -0.25) is 4.79 Å². The van der Waals surface area contributed by atoms with Gasteiger partial charge in [0.15, 0.2) is 0 Å². The van der Waals surface area contributed by atoms with E-state index in [2.05, 4.69) is 6.92 Å². The molecule has 3 nitrogen and oxygen atoms in total. The Bertz CT molecular complexity index is 419. The molecular weight excluding hydrogens is 224 g/mol. The molecule has 4 heteroatoms. The number of benzene rings is 1. The van der Waals surface area contributed by atoms with Gasteiger partial charge in [-0.15, -0.1) is 0 Å². The minimum absolute atomic E-state index is 0.0131. The number of carbonyl (C=O) groups excluding carboxylic acids is 1. The molecular formula is C12H15ClN2O. The lowest BCUT2D eigenvalue weighted by molar-refractivity contribution is 0.0748. The third-order valence-corrected chi connectivity index (χ3v) is 3.29. The predicted octanol–water partition coefficient (Wildman–Crippen LogP) is 2.55. The van der Waals surface area contributed by atoms with E-state index >= 15 is 0 Å². The molecule has 1 atom stereocenters. The average Bonchev–Trinajstić information content (AvgIpc) is 2.63. The zero-order valence-electron chi connectivity index (χ0n) is 9.24. The molecule has 2 rings (SSSR count). The van der Waals surface area contributed by atoms with Crippen LogP contribution in [0.25, 0.3) is 0 Å². The number of anilines is 1. The van der Waals surface area contributed by atoms with Crippen LogP contribution >= 0.6 is 11.6 Å². The lowest BCUT2D eigenvalue weighted by Gasteiger charge is -2.22. The highest BCUT2D eigenvalue weighted by molar-refractivity contribution is 6.31. The van der Waals surface area contributed by atoms with Crippen LogP contribution in [0, 0.1) is 0 Å². The van der Waals surface area contributed by atoms with Gasteiger partial charge in [-0.25, -0.2) is 0 Å². The minimum Gasteiger partial charge on any atom is -0.398 e. The molecule has 1 amide bonds. The topological polar surface area (TPSA) is 46.3 Å². The van der Waals surface area contributed by atoms with Crippen molar-refractivity contribution in [3.8, 4) is 0 Å². The van der Waals surface area contributed by atoms with E-state index in [1.165, 1.54) is 0 Å². The molecule has 2 N–H and O–H groups in total. The zero-order valence-corrected chi connectivity index (χ0v) is 10.00. The Morgan fingerprint density at radius 3 is 2.88 bits per heavy atom. The summed E-state index contributed by atoms with van der Waals surface area (Å²) < 4.78 is 0. The van der Waals surface area contributed by atoms with Crippen molar-refractivity contribution in [2.24, 2.45) is 0 Å². The van der Waals surface area contributed by atoms with E-state index in [4.69, 9.17) is 17.3 Å². The first-order valence-corrected chi connectivity index (χ1v) is 5.83. The number of amides is 1. The lowest BCUT2D eigenvalue weighted by Crippen LogP contribution is -2.34. The van der Waals surface area contributed by atoms with Crippen molar-refractivity contribution in [1.29, 1.82) is 0 Å². The first kappa shape index (κ1) is 11.3. The second kappa shape index (κ2) is 4.34. The zero-order chi connectivity index (χ0) is 11.7. The highest BCUT2D eigenvalue weighted by Gasteiger charge is 2.26. The Balaban J connectivity index is 2.27. The third-order valence-electron chi connectivity index (χ3n) is 3.06. The molecule has 0 spiro atoms. The van der Waals surface area contributed by atoms with Crippen LogP contribution in [0.1, 0.15) is 30.1 Å². The Hall–Kier alpha value is -1.22. The number of hydrogen-bond donors (Lipinski definition) is 1. The van der Waals surface area contributed by atoms with Gasteiger partial charge < -0.3 is 10.6 Å². The summed E-state index contributed by atoms with van der Waals surface area (Å²) in [6.45, 7) is 2.89. The summed E-state index contributed by atoms with van der Waals surface area (Å²) in [5.41, 5.74) is 6.81. The summed E-state index contributed by atoms with van der Waals surface area (Å²) in [6.07, 6.45) is 2.14. The van der Waals surface area contributed by atoms with Gasteiger partial charge in [0.2, 0.25) is 0 Å². The molecule has 0 aliphatic carbocycles. The van der Waals surface area contributed by atoms with Crippen molar-refractivity contribution in [2.75, 3.05) is 12.3 Å². The van der Waals surface area contributed by atoms with E-state index in [-0.39, 0.29) is 5.91 Å². The maximum absolute atomic E-state index is 12.2. The molecule has 1 aliphatic heterocycles. The number of nitrogens with two attached hydrogens (primary N) is 1. The molecule has 16 heavy (non-hydrogen) atoms. The summed E-state index contributed by atoms with van der Waals surface area (Å²) in [7, 11) is 0. The first-order valence-electron chi connectivity index (χ1n) is 5.45. The molecule has 0 bridgehead atoms. The van der Waals surface area contributed by atoms with E-state index in [1.807, 2.05) is 4.90 Å². The summed E-state index contributed by atoms with van der Waals surface area (Å²) in [5, 5.41) is 0.559. The highest BCUT2D eigenvalue weighted by Crippen LogP contribution is 2.24. The molecule has 1 aliphatic rings. The van der Waals surface area contributed by atoms with Gasteiger partial charge in [0.1, 0.15) is 0 Å². The lowest BCUT2D eigenvalue weighted by atomic mass is 10.1. The molecule has 0 saturated carbocycles. The van der Waals surface area contributed by atoms with Gasteiger partial charge >= 0.3 is 0 Å². The van der Waals surface area contributed by atoms with E-state index in [0.29, 0.717) is 22.3 Å². The van der Waals surface area contributed by atoms with E-state index in [0.717, 1.165) is 19.4 Å². The highest BCUT2D eigenvalue weighted by atomic mass is 35.5. The molecule has 1 aromatic rings. The Kier molecular flexibility index (Phi) is 3.06. The van der Waals surface area contributed by atoms with Crippen LogP contribution in [0.5, 0.6) is 0 Å². The summed E-state index contributed by atoms with van der Waals surface area (Å²) in [6, 6.07) is 5.33. The number of likely N-dealkylation sites (tertiary alicyclic amines) is 1. The fraction of sp³-hybridized carbons (Fsp3) is 0.417. The van der Waals surface area contributed by atoms with Gasteiger partial charge in [-0.2, -0.15) is 0 Å². The number of rotatable bonds is 1. The number of nitrogen functional groups attached to an aromatic ring is 1. The summed E-state index contributed by atoms with van der Waals surface area (Å²) >= 11 is 5.81. The minimum atomic E-state index is 0.0131. The second-order valence-electron chi connectivity index (χ2n) is 4.22. The Morgan fingerprint density at radius 2 is 2.31 bits per heavy atom. The molecule has 1 unspecified atom stereocenters. The summed E-state index contributed by atoms with van der Waals surface area (Å²) in [4.78, 5) is 14.1. The quantitative estimate of drug-likeness (QED) is 0.765. The molecule has 1 heterocycles. The molecule has 86 valence electrons. The van der Waals surface area contributed by atoms with E-state index in [1.54, 1.807) is 18.2 Å². The van der Waals surface area contributed by atoms with Gasteiger partial charge in [-0.05, 0) is 38.0 Å². The fourth-order valence-electron chi connectivity index (χ4n) is 2.12. The molecule has 1 saturated heterocycles. The number of halogens is 1. The number of nitrogens with zero attached hydrogens (tertiary/aromatic N) is 1. The van der Waals surface area contributed by atoms with Gasteiger partial charge in [0.05, 0.1) is 5.56 Å². The second-order valence-corrected chi connectivity index (χ2v) is 4.66. The van der Waals surface area contributed by atoms with Crippen LogP contribution in [0.2, 0.25) is 5.02 Å². The van der Waals surface area contributed by atoms with Crippen molar-refractivity contribution >= 4 is 23.2 Å². The smallest absolute Gasteiger partial charge is 0.256 e.